The quantitative estimate of drug-likeness (QED) is 0.618. The molecule has 0 bridgehead atoms. The molecule has 0 aromatic rings. The van der Waals surface area contributed by atoms with Gasteiger partial charge in [-0.15, -0.1) is 0 Å². The number of hydrogen-bond donors (Lipinski definition) is 2. The summed E-state index contributed by atoms with van der Waals surface area (Å²) in [7, 11) is 0. The van der Waals surface area contributed by atoms with Crippen molar-refractivity contribution >= 4 is 33.9 Å². The summed E-state index contributed by atoms with van der Waals surface area (Å²) in [5, 5.41) is 4.34. The van der Waals surface area contributed by atoms with Crippen LogP contribution in [0, 0.1) is 10.8 Å². The summed E-state index contributed by atoms with van der Waals surface area (Å²) in [5.74, 6) is 0. The van der Waals surface area contributed by atoms with Crippen molar-refractivity contribution in [3.63, 3.8) is 0 Å². The van der Waals surface area contributed by atoms with E-state index in [0.29, 0.717) is 6.54 Å². The van der Waals surface area contributed by atoms with Crippen molar-refractivity contribution < 1.29 is 9.59 Å². The molecule has 1 fully saturated rings. The zero-order valence-corrected chi connectivity index (χ0v) is 12.5. The van der Waals surface area contributed by atoms with Gasteiger partial charge in [-0.3, -0.25) is 9.59 Å². The Morgan fingerprint density at radius 1 is 1.17 bits per heavy atom. The Morgan fingerprint density at radius 3 is 2.28 bits per heavy atom. The minimum Gasteiger partial charge on any atom is -0.342 e. The van der Waals surface area contributed by atoms with Gasteiger partial charge in [0.1, 0.15) is 0 Å². The Balaban J connectivity index is 2.72. The number of nitrogens with one attached hydrogen (secondary N) is 2. The van der Waals surface area contributed by atoms with Gasteiger partial charge in [-0.1, -0.05) is 20.8 Å². The second-order valence-electron chi connectivity index (χ2n) is 6.30. The van der Waals surface area contributed by atoms with Crippen molar-refractivity contribution in [1.82, 2.24) is 10.6 Å². The van der Waals surface area contributed by atoms with E-state index in [-0.39, 0.29) is 16.9 Å². The predicted molar refractivity (Wildman–Crippen MR) is 73.2 cm³/mol. The average molecular weight is 295 g/mol. The highest BCUT2D eigenvalue weighted by molar-refractivity contribution is 6.63. The van der Waals surface area contributed by atoms with Gasteiger partial charge in [-0.2, -0.15) is 0 Å². The van der Waals surface area contributed by atoms with Crippen LogP contribution >= 0.6 is 23.2 Å². The second-order valence-corrected chi connectivity index (χ2v) is 6.99. The van der Waals surface area contributed by atoms with Crippen molar-refractivity contribution in [3.8, 4) is 0 Å². The van der Waals surface area contributed by atoms with E-state index in [0.717, 1.165) is 19.3 Å². The van der Waals surface area contributed by atoms with Gasteiger partial charge in [0.15, 0.2) is 0 Å². The zero-order chi connectivity index (χ0) is 14.0. The van der Waals surface area contributed by atoms with Crippen molar-refractivity contribution in [2.45, 2.75) is 46.1 Å². The predicted octanol–water partition coefficient (Wildman–Crippen LogP) is 3.47. The maximum atomic E-state index is 11.0. The molecule has 0 saturated heterocycles. The van der Waals surface area contributed by atoms with Crippen molar-refractivity contribution in [2.24, 2.45) is 10.8 Å². The van der Waals surface area contributed by atoms with Gasteiger partial charge in [0.25, 0.3) is 0 Å². The molecule has 18 heavy (non-hydrogen) atoms. The molecule has 4 nitrogen and oxygen atoms in total. The molecule has 0 radical (unpaired) electrons. The number of rotatable bonds is 3. The highest BCUT2D eigenvalue weighted by Gasteiger charge is 2.41. The molecule has 2 unspecified atom stereocenters. The van der Waals surface area contributed by atoms with Gasteiger partial charge < -0.3 is 10.6 Å². The molecule has 0 heterocycles. The van der Waals surface area contributed by atoms with Crippen LogP contribution in [0.25, 0.3) is 0 Å². The van der Waals surface area contributed by atoms with Crippen LogP contribution in [0.5, 0.6) is 0 Å². The molecule has 1 aliphatic carbocycles. The third-order valence-electron chi connectivity index (χ3n) is 3.42. The van der Waals surface area contributed by atoms with Gasteiger partial charge >= 0.3 is 10.7 Å². The lowest BCUT2D eigenvalue weighted by atomic mass is 9.62. The number of carbonyl (C=O) groups is 2. The lowest BCUT2D eigenvalue weighted by molar-refractivity contribution is 0.0770. The summed E-state index contributed by atoms with van der Waals surface area (Å²) in [6, 6.07) is 0.0379. The molecule has 0 aliphatic heterocycles. The van der Waals surface area contributed by atoms with Crippen LogP contribution in [0.2, 0.25) is 0 Å². The Morgan fingerprint density at radius 2 is 1.78 bits per heavy atom. The molecule has 1 rings (SSSR count). The number of carbonyl (C=O) groups excluding carboxylic acids is 2. The van der Waals surface area contributed by atoms with Crippen LogP contribution in [0.1, 0.15) is 40.0 Å². The number of hydrogen-bond acceptors (Lipinski definition) is 2. The highest BCUT2D eigenvalue weighted by Crippen LogP contribution is 2.45. The second kappa shape index (κ2) is 5.66. The molecule has 2 atom stereocenters. The molecular formula is C12H20Cl2N2O2. The van der Waals surface area contributed by atoms with E-state index in [1.807, 2.05) is 0 Å². The van der Waals surface area contributed by atoms with Gasteiger partial charge in [-0.05, 0) is 53.3 Å². The maximum Gasteiger partial charge on any atom is 0.314 e. The summed E-state index contributed by atoms with van der Waals surface area (Å²) in [6.45, 7) is 6.90. The van der Waals surface area contributed by atoms with Crippen molar-refractivity contribution in [2.75, 3.05) is 6.54 Å². The normalized spacial score (nSPS) is 30.6. The van der Waals surface area contributed by atoms with Crippen LogP contribution in [0.4, 0.5) is 9.59 Å². The SMILES string of the molecule is CC1(C)CC(NC(=O)Cl)CC(C)(CNC(=O)Cl)C1. The molecule has 6 heteroatoms. The Hall–Kier alpha value is -0.480. The summed E-state index contributed by atoms with van der Waals surface area (Å²) in [5.41, 5.74) is 0.00432. The van der Waals surface area contributed by atoms with Crippen molar-refractivity contribution in [1.29, 1.82) is 0 Å². The minimum atomic E-state index is -0.544. The van der Waals surface area contributed by atoms with Crippen LogP contribution in [0.15, 0.2) is 0 Å². The lowest BCUT2D eigenvalue weighted by Gasteiger charge is -2.46. The van der Waals surface area contributed by atoms with Gasteiger partial charge in [0.05, 0.1) is 0 Å². The van der Waals surface area contributed by atoms with Gasteiger partial charge in [-0.25, -0.2) is 0 Å². The summed E-state index contributed by atoms with van der Waals surface area (Å²) in [6.07, 6.45) is 2.63. The van der Waals surface area contributed by atoms with Crippen LogP contribution in [0.3, 0.4) is 0 Å². The average Bonchev–Trinajstić information content (AvgIpc) is 2.10. The van der Waals surface area contributed by atoms with E-state index in [2.05, 4.69) is 31.4 Å². The standard InChI is InChI=1S/C12H20Cl2N2O2/c1-11(2)4-8(16-10(14)18)5-12(3,6-11)7-15-9(13)17/h8H,4-7H2,1-3H3,(H,15,17)(H,16,18). The molecule has 1 aliphatic rings. The maximum absolute atomic E-state index is 11.0. The minimum absolute atomic E-state index is 0.0379. The fraction of sp³-hybridized carbons (Fsp3) is 0.833. The van der Waals surface area contributed by atoms with E-state index in [1.54, 1.807) is 0 Å². The molecule has 0 aromatic carbocycles. The summed E-state index contributed by atoms with van der Waals surface area (Å²) >= 11 is 10.7. The van der Waals surface area contributed by atoms with Crippen LogP contribution in [-0.4, -0.2) is 23.3 Å². The summed E-state index contributed by atoms with van der Waals surface area (Å²) < 4.78 is 0. The molecule has 0 aromatic heterocycles. The molecule has 104 valence electrons. The number of amides is 2. The molecule has 0 spiro atoms. The first-order chi connectivity index (χ1) is 8.12. The molecular weight excluding hydrogens is 275 g/mol. The van der Waals surface area contributed by atoms with Crippen molar-refractivity contribution in [3.05, 3.63) is 0 Å². The molecule has 2 N–H and O–H groups in total. The van der Waals surface area contributed by atoms with E-state index < -0.39 is 10.7 Å². The Labute approximate surface area is 118 Å². The lowest BCUT2D eigenvalue weighted by Crippen LogP contribution is -2.49. The van der Waals surface area contributed by atoms with E-state index in [9.17, 15) is 9.59 Å². The monoisotopic (exact) mass is 294 g/mol. The van der Waals surface area contributed by atoms with Crippen LogP contribution in [-0.2, 0) is 0 Å². The van der Waals surface area contributed by atoms with Gasteiger partial charge in [0, 0.05) is 12.6 Å². The fourth-order valence-electron chi connectivity index (χ4n) is 3.31. The summed E-state index contributed by atoms with van der Waals surface area (Å²) in [4.78, 5) is 21.8. The Bertz CT molecular complexity index is 347. The largest absolute Gasteiger partial charge is 0.342 e. The third-order valence-corrected chi connectivity index (χ3v) is 3.66. The fourth-order valence-corrected chi connectivity index (χ4v) is 3.53. The van der Waals surface area contributed by atoms with E-state index in [4.69, 9.17) is 23.2 Å². The van der Waals surface area contributed by atoms with Crippen LogP contribution < -0.4 is 10.6 Å². The number of halogens is 2. The van der Waals surface area contributed by atoms with E-state index in [1.165, 1.54) is 0 Å². The Kier molecular flexibility index (Phi) is 4.90. The highest BCUT2D eigenvalue weighted by atomic mass is 35.5. The smallest absolute Gasteiger partial charge is 0.314 e. The van der Waals surface area contributed by atoms with E-state index >= 15 is 0 Å². The topological polar surface area (TPSA) is 58.2 Å². The molecule has 1 saturated carbocycles. The first-order valence-corrected chi connectivity index (χ1v) is 6.77. The van der Waals surface area contributed by atoms with Gasteiger partial charge in [0.2, 0.25) is 0 Å². The first-order valence-electron chi connectivity index (χ1n) is 6.01. The zero-order valence-electron chi connectivity index (χ0n) is 11.0. The first kappa shape index (κ1) is 15.6. The third kappa shape index (κ3) is 5.02. The molecule has 2 amide bonds.